The van der Waals surface area contributed by atoms with Gasteiger partial charge in [-0.25, -0.2) is 4.98 Å². The molecule has 0 saturated carbocycles. The number of rotatable bonds is 2. The van der Waals surface area contributed by atoms with Gasteiger partial charge in [0.1, 0.15) is 11.9 Å². The Hall–Kier alpha value is -1.53. The molecule has 1 aliphatic heterocycles. The second kappa shape index (κ2) is 5.46. The van der Waals surface area contributed by atoms with Crippen molar-refractivity contribution in [2.24, 2.45) is 7.05 Å². The van der Waals surface area contributed by atoms with Crippen molar-refractivity contribution in [1.29, 1.82) is 0 Å². The first-order valence-electron chi connectivity index (χ1n) is 6.41. The highest BCUT2D eigenvalue weighted by molar-refractivity contribution is 9.10. The van der Waals surface area contributed by atoms with Crippen LogP contribution in [0, 0.1) is 0 Å². The SMILES string of the molecule is Cn1ccnc1C(O)c1cc(Br)c2c(c1)OCCCO2. The number of aliphatic hydroxyl groups excluding tert-OH is 1. The van der Waals surface area contributed by atoms with Crippen molar-refractivity contribution in [3.63, 3.8) is 0 Å². The van der Waals surface area contributed by atoms with Crippen LogP contribution >= 0.6 is 15.9 Å². The van der Waals surface area contributed by atoms with Crippen LogP contribution in [0.15, 0.2) is 29.0 Å². The van der Waals surface area contributed by atoms with Gasteiger partial charge in [0, 0.05) is 25.9 Å². The quantitative estimate of drug-likeness (QED) is 0.913. The van der Waals surface area contributed by atoms with Gasteiger partial charge < -0.3 is 19.1 Å². The van der Waals surface area contributed by atoms with Crippen LogP contribution in [-0.2, 0) is 7.05 Å². The molecule has 20 heavy (non-hydrogen) atoms. The average Bonchev–Trinajstić information content (AvgIpc) is 2.72. The summed E-state index contributed by atoms with van der Waals surface area (Å²) < 4.78 is 13.9. The molecule has 0 aliphatic carbocycles. The minimum Gasteiger partial charge on any atom is -0.490 e. The van der Waals surface area contributed by atoms with Crippen molar-refractivity contribution in [1.82, 2.24) is 9.55 Å². The van der Waals surface area contributed by atoms with E-state index < -0.39 is 6.10 Å². The maximum absolute atomic E-state index is 10.5. The molecule has 0 amide bonds. The summed E-state index contributed by atoms with van der Waals surface area (Å²) in [5, 5.41) is 10.5. The lowest BCUT2D eigenvalue weighted by Crippen LogP contribution is -2.07. The van der Waals surface area contributed by atoms with Crippen LogP contribution in [0.2, 0.25) is 0 Å². The minimum absolute atomic E-state index is 0.589. The molecule has 1 aliphatic rings. The fourth-order valence-corrected chi connectivity index (χ4v) is 2.77. The lowest BCUT2D eigenvalue weighted by molar-refractivity contribution is 0.205. The van der Waals surface area contributed by atoms with Crippen LogP contribution in [0.1, 0.15) is 23.9 Å². The Morgan fingerprint density at radius 1 is 1.35 bits per heavy atom. The lowest BCUT2D eigenvalue weighted by atomic mass is 10.1. The molecule has 5 nitrogen and oxygen atoms in total. The molecule has 2 aromatic rings. The van der Waals surface area contributed by atoms with E-state index in [-0.39, 0.29) is 0 Å². The highest BCUT2D eigenvalue weighted by Crippen LogP contribution is 2.40. The zero-order valence-corrected chi connectivity index (χ0v) is 12.6. The first-order valence-corrected chi connectivity index (χ1v) is 7.20. The summed E-state index contributed by atoms with van der Waals surface area (Å²) >= 11 is 3.47. The Morgan fingerprint density at radius 3 is 2.90 bits per heavy atom. The van der Waals surface area contributed by atoms with E-state index in [1.54, 1.807) is 17.0 Å². The number of aryl methyl sites for hydroxylation is 1. The van der Waals surface area contributed by atoms with E-state index in [4.69, 9.17) is 9.47 Å². The second-order valence-electron chi connectivity index (χ2n) is 4.68. The van der Waals surface area contributed by atoms with Crippen LogP contribution in [0.4, 0.5) is 0 Å². The number of aliphatic hydroxyl groups is 1. The van der Waals surface area contributed by atoms with Crippen LogP contribution in [0.5, 0.6) is 11.5 Å². The minimum atomic E-state index is -0.802. The van der Waals surface area contributed by atoms with E-state index in [9.17, 15) is 5.11 Å². The largest absolute Gasteiger partial charge is 0.490 e. The Balaban J connectivity index is 2.01. The first kappa shape index (κ1) is 13.5. The highest BCUT2D eigenvalue weighted by Gasteiger charge is 2.21. The normalized spacial score (nSPS) is 15.8. The van der Waals surface area contributed by atoms with E-state index in [1.165, 1.54) is 0 Å². The van der Waals surface area contributed by atoms with Crippen molar-refractivity contribution in [3.05, 3.63) is 40.4 Å². The zero-order valence-electron chi connectivity index (χ0n) is 11.0. The predicted molar refractivity (Wildman–Crippen MR) is 77.0 cm³/mol. The molecule has 6 heteroatoms. The number of hydrogen-bond acceptors (Lipinski definition) is 4. The Kier molecular flexibility index (Phi) is 3.67. The summed E-state index contributed by atoms with van der Waals surface area (Å²) in [6, 6.07) is 3.65. The van der Waals surface area contributed by atoms with Gasteiger partial charge in [-0.05, 0) is 33.6 Å². The Labute approximate surface area is 125 Å². The smallest absolute Gasteiger partial charge is 0.175 e. The predicted octanol–water partition coefficient (Wildman–Crippen LogP) is 2.43. The van der Waals surface area contributed by atoms with Crippen LogP contribution in [-0.4, -0.2) is 27.9 Å². The fourth-order valence-electron chi connectivity index (χ4n) is 2.20. The molecule has 1 atom stereocenters. The topological polar surface area (TPSA) is 56.5 Å². The zero-order chi connectivity index (χ0) is 14.1. The van der Waals surface area contributed by atoms with Gasteiger partial charge in [0.2, 0.25) is 0 Å². The van der Waals surface area contributed by atoms with E-state index >= 15 is 0 Å². The van der Waals surface area contributed by atoms with Crippen molar-refractivity contribution < 1.29 is 14.6 Å². The van der Waals surface area contributed by atoms with Crippen LogP contribution in [0.25, 0.3) is 0 Å². The molecule has 3 rings (SSSR count). The highest BCUT2D eigenvalue weighted by atomic mass is 79.9. The molecule has 1 aromatic carbocycles. The molecule has 0 saturated heterocycles. The number of imidazole rings is 1. The monoisotopic (exact) mass is 338 g/mol. The second-order valence-corrected chi connectivity index (χ2v) is 5.53. The third kappa shape index (κ3) is 2.41. The third-order valence-electron chi connectivity index (χ3n) is 3.24. The number of nitrogens with zero attached hydrogens (tertiary/aromatic N) is 2. The van der Waals surface area contributed by atoms with Crippen LogP contribution in [0.3, 0.4) is 0 Å². The molecule has 1 unspecified atom stereocenters. The van der Waals surface area contributed by atoms with Gasteiger partial charge in [0.15, 0.2) is 11.5 Å². The van der Waals surface area contributed by atoms with E-state index in [0.29, 0.717) is 30.5 Å². The number of benzene rings is 1. The van der Waals surface area contributed by atoms with Gasteiger partial charge in [0.25, 0.3) is 0 Å². The van der Waals surface area contributed by atoms with Crippen molar-refractivity contribution >= 4 is 15.9 Å². The summed E-state index contributed by atoms with van der Waals surface area (Å²) in [5.41, 5.74) is 0.718. The summed E-state index contributed by atoms with van der Waals surface area (Å²) in [4.78, 5) is 4.18. The van der Waals surface area contributed by atoms with Crippen molar-refractivity contribution in [2.45, 2.75) is 12.5 Å². The summed E-state index contributed by atoms with van der Waals surface area (Å²) in [7, 11) is 1.85. The fraction of sp³-hybridized carbons (Fsp3) is 0.357. The number of ether oxygens (including phenoxy) is 2. The summed E-state index contributed by atoms with van der Waals surface area (Å²) in [6.45, 7) is 1.24. The molecule has 1 aromatic heterocycles. The molecule has 0 spiro atoms. The molecule has 106 valence electrons. The van der Waals surface area contributed by atoms with Gasteiger partial charge in [0.05, 0.1) is 17.7 Å². The maximum Gasteiger partial charge on any atom is 0.175 e. The molecule has 0 radical (unpaired) electrons. The third-order valence-corrected chi connectivity index (χ3v) is 3.83. The number of fused-ring (bicyclic) bond motifs is 1. The first-order chi connectivity index (χ1) is 9.66. The summed E-state index contributed by atoms with van der Waals surface area (Å²) in [6.07, 6.45) is 3.51. The van der Waals surface area contributed by atoms with Crippen LogP contribution < -0.4 is 9.47 Å². The Bertz CT molecular complexity index is 627. The molecule has 1 N–H and O–H groups in total. The van der Waals surface area contributed by atoms with Crippen molar-refractivity contribution in [3.8, 4) is 11.5 Å². The molecule has 0 fully saturated rings. The Morgan fingerprint density at radius 2 is 2.15 bits per heavy atom. The number of hydrogen-bond donors (Lipinski definition) is 1. The van der Waals surface area contributed by atoms with E-state index in [1.807, 2.05) is 19.2 Å². The number of aromatic nitrogens is 2. The van der Waals surface area contributed by atoms with Gasteiger partial charge in [-0.3, -0.25) is 0 Å². The average molecular weight is 339 g/mol. The van der Waals surface area contributed by atoms with Gasteiger partial charge in [-0.15, -0.1) is 0 Å². The van der Waals surface area contributed by atoms with Crippen molar-refractivity contribution in [2.75, 3.05) is 13.2 Å². The standard InChI is InChI=1S/C14H15BrN2O3/c1-17-4-3-16-14(17)12(18)9-7-10(15)13-11(8-9)19-5-2-6-20-13/h3-4,7-8,12,18H,2,5-6H2,1H3. The molecule has 2 heterocycles. The molecule has 0 bridgehead atoms. The van der Waals surface area contributed by atoms with E-state index in [0.717, 1.165) is 16.5 Å². The summed E-state index contributed by atoms with van der Waals surface area (Å²) in [5.74, 6) is 1.94. The lowest BCUT2D eigenvalue weighted by Gasteiger charge is -2.15. The van der Waals surface area contributed by atoms with Gasteiger partial charge in [-0.1, -0.05) is 0 Å². The van der Waals surface area contributed by atoms with E-state index in [2.05, 4.69) is 20.9 Å². The number of halogens is 1. The van der Waals surface area contributed by atoms with Gasteiger partial charge in [-0.2, -0.15) is 0 Å². The molecular formula is C14H15BrN2O3. The van der Waals surface area contributed by atoms with Gasteiger partial charge >= 0.3 is 0 Å². The maximum atomic E-state index is 10.5. The molecular weight excluding hydrogens is 324 g/mol.